The molecule has 0 saturated carbocycles. The van der Waals surface area contributed by atoms with Gasteiger partial charge in [0.2, 0.25) is 0 Å². The molecule has 0 unspecified atom stereocenters. The average molecular weight is 180 g/mol. The zero-order valence-corrected chi connectivity index (χ0v) is 6.96. The minimum Gasteiger partial charge on any atom is -0.481 e. The van der Waals surface area contributed by atoms with Crippen molar-refractivity contribution in [2.75, 3.05) is 0 Å². The van der Waals surface area contributed by atoms with Crippen molar-refractivity contribution >= 4 is 11.5 Å². The molecule has 0 amide bonds. The molecule has 0 spiro atoms. The number of aliphatic carboxylic acids is 1. The molecule has 2 nitrogen and oxygen atoms in total. The van der Waals surface area contributed by atoms with E-state index in [1.165, 1.54) is 24.3 Å². The summed E-state index contributed by atoms with van der Waals surface area (Å²) in [4.78, 5) is 10.3. The van der Waals surface area contributed by atoms with E-state index < -0.39 is 5.97 Å². The molecule has 0 aliphatic carbocycles. The molecule has 0 aliphatic rings. The lowest BCUT2D eigenvalue weighted by Gasteiger charge is -2.01. The third kappa shape index (κ3) is 2.71. The smallest absolute Gasteiger partial charge is 0.307 e. The maximum absolute atomic E-state index is 12.5. The zero-order valence-electron chi connectivity index (χ0n) is 6.96. The number of carboxylic acids is 1. The molecule has 0 aromatic heterocycles. The highest BCUT2D eigenvalue weighted by molar-refractivity contribution is 5.82. The van der Waals surface area contributed by atoms with Crippen molar-refractivity contribution in [3.05, 3.63) is 42.2 Å². The van der Waals surface area contributed by atoms with Crippen LogP contribution in [0.1, 0.15) is 12.0 Å². The van der Waals surface area contributed by atoms with Crippen LogP contribution >= 0.6 is 0 Å². The van der Waals surface area contributed by atoms with Gasteiger partial charge < -0.3 is 5.11 Å². The summed E-state index contributed by atoms with van der Waals surface area (Å²) in [7, 11) is 0. The summed E-state index contributed by atoms with van der Waals surface area (Å²) in [5, 5.41) is 8.46. The van der Waals surface area contributed by atoms with Gasteiger partial charge in [0.05, 0.1) is 6.42 Å². The molecule has 0 radical (unpaired) electrons. The first kappa shape index (κ1) is 9.45. The maximum Gasteiger partial charge on any atom is 0.307 e. The molecule has 1 aromatic rings. The molecule has 68 valence electrons. The molecule has 0 saturated heterocycles. The van der Waals surface area contributed by atoms with Crippen LogP contribution in [0.4, 0.5) is 4.39 Å². The Labute approximate surface area is 75.3 Å². The largest absolute Gasteiger partial charge is 0.481 e. The van der Waals surface area contributed by atoms with E-state index in [4.69, 9.17) is 5.11 Å². The maximum atomic E-state index is 12.5. The minimum absolute atomic E-state index is 0.119. The molecule has 0 fully saturated rings. The van der Waals surface area contributed by atoms with E-state index in [0.717, 1.165) is 0 Å². The lowest BCUT2D eigenvalue weighted by molar-refractivity contribution is -0.135. The van der Waals surface area contributed by atoms with Crippen LogP contribution in [-0.4, -0.2) is 11.1 Å². The molecule has 0 heterocycles. The monoisotopic (exact) mass is 180 g/mol. The highest BCUT2D eigenvalue weighted by atomic mass is 19.1. The molecule has 0 atom stereocenters. The molecule has 1 aromatic carbocycles. The number of hydrogen-bond acceptors (Lipinski definition) is 1. The Hall–Kier alpha value is -1.64. The van der Waals surface area contributed by atoms with Crippen LogP contribution in [0.15, 0.2) is 30.8 Å². The molecule has 3 heteroatoms. The predicted molar refractivity (Wildman–Crippen MR) is 47.7 cm³/mol. The summed E-state index contributed by atoms with van der Waals surface area (Å²) in [5.74, 6) is -1.28. The number of benzene rings is 1. The van der Waals surface area contributed by atoms with Crippen LogP contribution in [0.2, 0.25) is 0 Å². The Morgan fingerprint density at radius 3 is 2.38 bits per heavy atom. The van der Waals surface area contributed by atoms with Crippen molar-refractivity contribution in [3.63, 3.8) is 0 Å². The number of rotatable bonds is 3. The van der Waals surface area contributed by atoms with Crippen molar-refractivity contribution in [1.29, 1.82) is 0 Å². The average Bonchev–Trinajstić information content (AvgIpc) is 2.04. The second kappa shape index (κ2) is 3.85. The van der Waals surface area contributed by atoms with Crippen LogP contribution < -0.4 is 0 Å². The lowest BCUT2D eigenvalue weighted by Crippen LogP contribution is -1.95. The molecule has 0 bridgehead atoms. The van der Waals surface area contributed by atoms with E-state index in [0.29, 0.717) is 11.1 Å². The van der Waals surface area contributed by atoms with E-state index in [2.05, 4.69) is 6.58 Å². The summed E-state index contributed by atoms with van der Waals surface area (Å²) in [6.07, 6.45) is -0.119. The van der Waals surface area contributed by atoms with Crippen LogP contribution in [0, 0.1) is 5.82 Å². The van der Waals surface area contributed by atoms with Gasteiger partial charge in [0, 0.05) is 0 Å². The van der Waals surface area contributed by atoms with Gasteiger partial charge in [0.1, 0.15) is 5.82 Å². The standard InChI is InChI=1S/C10H9FO2/c1-7(6-10(12)13)8-2-4-9(11)5-3-8/h2-5H,1,6H2,(H,12,13). The Kier molecular flexibility index (Phi) is 2.80. The predicted octanol–water partition coefficient (Wildman–Crippen LogP) is 2.31. The molecule has 1 rings (SSSR count). The van der Waals surface area contributed by atoms with Gasteiger partial charge in [-0.25, -0.2) is 4.39 Å². The number of halogens is 1. The fourth-order valence-corrected chi connectivity index (χ4v) is 0.970. The van der Waals surface area contributed by atoms with Gasteiger partial charge in [0.15, 0.2) is 0 Å². The summed E-state index contributed by atoms with van der Waals surface area (Å²) in [6.45, 7) is 3.59. The van der Waals surface area contributed by atoms with E-state index in [1.807, 2.05) is 0 Å². The van der Waals surface area contributed by atoms with Gasteiger partial charge in [0.25, 0.3) is 0 Å². The second-order valence-corrected chi connectivity index (χ2v) is 2.68. The summed E-state index contributed by atoms with van der Waals surface area (Å²) < 4.78 is 12.5. The van der Waals surface area contributed by atoms with Gasteiger partial charge in [-0.1, -0.05) is 18.7 Å². The van der Waals surface area contributed by atoms with E-state index in [-0.39, 0.29) is 12.2 Å². The summed E-state index contributed by atoms with van der Waals surface area (Å²) >= 11 is 0. The molecular formula is C10H9FO2. The zero-order chi connectivity index (χ0) is 9.84. The molecule has 1 N–H and O–H groups in total. The second-order valence-electron chi connectivity index (χ2n) is 2.68. The van der Waals surface area contributed by atoms with E-state index in [1.54, 1.807) is 0 Å². The molecular weight excluding hydrogens is 171 g/mol. The normalized spacial score (nSPS) is 9.62. The SMILES string of the molecule is C=C(CC(=O)O)c1ccc(F)cc1. The first-order valence-corrected chi connectivity index (χ1v) is 3.75. The van der Waals surface area contributed by atoms with Crippen LogP contribution in [0.5, 0.6) is 0 Å². The topological polar surface area (TPSA) is 37.3 Å². The summed E-state index contributed by atoms with van der Waals surface area (Å²) in [6, 6.07) is 5.59. The van der Waals surface area contributed by atoms with Gasteiger partial charge >= 0.3 is 5.97 Å². The third-order valence-corrected chi connectivity index (χ3v) is 1.62. The number of carbonyl (C=O) groups is 1. The van der Waals surface area contributed by atoms with Crippen molar-refractivity contribution in [3.8, 4) is 0 Å². The van der Waals surface area contributed by atoms with E-state index >= 15 is 0 Å². The third-order valence-electron chi connectivity index (χ3n) is 1.62. The molecule has 0 aliphatic heterocycles. The molecule has 13 heavy (non-hydrogen) atoms. The van der Waals surface area contributed by atoms with E-state index in [9.17, 15) is 9.18 Å². The van der Waals surface area contributed by atoms with Crippen LogP contribution in [0.25, 0.3) is 5.57 Å². The Balaban J connectivity index is 2.78. The Morgan fingerprint density at radius 2 is 1.92 bits per heavy atom. The fraction of sp³-hybridized carbons (Fsp3) is 0.100. The number of hydrogen-bond donors (Lipinski definition) is 1. The van der Waals surface area contributed by atoms with Gasteiger partial charge in [-0.3, -0.25) is 4.79 Å². The van der Waals surface area contributed by atoms with Crippen molar-refractivity contribution in [1.82, 2.24) is 0 Å². The van der Waals surface area contributed by atoms with Gasteiger partial charge in [-0.2, -0.15) is 0 Å². The first-order valence-electron chi connectivity index (χ1n) is 3.75. The fourth-order valence-electron chi connectivity index (χ4n) is 0.970. The quantitative estimate of drug-likeness (QED) is 0.774. The minimum atomic E-state index is -0.936. The Morgan fingerprint density at radius 1 is 1.38 bits per heavy atom. The summed E-state index contributed by atoms with van der Waals surface area (Å²) in [5.41, 5.74) is 1.14. The lowest BCUT2D eigenvalue weighted by atomic mass is 10.1. The van der Waals surface area contributed by atoms with Crippen molar-refractivity contribution < 1.29 is 14.3 Å². The first-order chi connectivity index (χ1) is 6.09. The van der Waals surface area contributed by atoms with Crippen LogP contribution in [0.3, 0.4) is 0 Å². The highest BCUT2D eigenvalue weighted by Crippen LogP contribution is 2.15. The van der Waals surface area contributed by atoms with Crippen molar-refractivity contribution in [2.45, 2.75) is 6.42 Å². The Bertz CT molecular complexity index is 327. The van der Waals surface area contributed by atoms with Gasteiger partial charge in [-0.05, 0) is 23.3 Å². The number of carboxylic acid groups (broad SMARTS) is 1. The van der Waals surface area contributed by atoms with Gasteiger partial charge in [-0.15, -0.1) is 0 Å². The highest BCUT2D eigenvalue weighted by Gasteiger charge is 2.03. The van der Waals surface area contributed by atoms with Crippen molar-refractivity contribution in [2.24, 2.45) is 0 Å². The van der Waals surface area contributed by atoms with Crippen LogP contribution in [-0.2, 0) is 4.79 Å².